The van der Waals surface area contributed by atoms with Gasteiger partial charge in [-0.15, -0.1) is 0 Å². The topological polar surface area (TPSA) is 172 Å². The van der Waals surface area contributed by atoms with Crippen LogP contribution in [0.15, 0.2) is 0 Å². The van der Waals surface area contributed by atoms with Gasteiger partial charge < -0.3 is 39.4 Å². The maximum absolute atomic E-state index is 13.6. The predicted octanol–water partition coefficient (Wildman–Crippen LogP) is 3.88. The van der Waals surface area contributed by atoms with Crippen LogP contribution in [-0.4, -0.2) is 108 Å². The standard InChI is InChI=1S/C41H65NO11/c1-10-24(6)33(44)50-30-16-17-35(8)26-13-14-27-37(47)18-31(51-34(45)25(7)11-2)40(49)28(20-42-19-23(5)12-15-29(42)36(40,9)46)38(37,48)21-39(27,35)53-41(26,30)52-32(43)22(3)4/h22-31,46-49H,10-21H2,1-9H3/t23-,24?,25?,26?,27-,28-,29-,30?,31?,35-,36+,37+,38+,39?,40-,41?/m0/s1. The molecular formula is C41H65NO11. The van der Waals surface area contributed by atoms with E-state index in [4.69, 9.17) is 18.9 Å². The van der Waals surface area contributed by atoms with Crippen molar-refractivity contribution in [1.82, 2.24) is 4.90 Å². The van der Waals surface area contributed by atoms with E-state index in [0.29, 0.717) is 57.4 Å². The molecule has 3 saturated heterocycles. The molecule has 16 atom stereocenters. The van der Waals surface area contributed by atoms with Crippen molar-refractivity contribution in [3.8, 4) is 0 Å². The average molecular weight is 748 g/mol. The summed E-state index contributed by atoms with van der Waals surface area (Å²) in [7, 11) is 0. The number of carbonyl (C=O) groups is 3. The molecule has 7 fully saturated rings. The van der Waals surface area contributed by atoms with E-state index in [2.05, 4.69) is 18.7 Å². The molecule has 4 bridgehead atoms. The number of nitrogens with zero attached hydrogens (tertiary/aromatic N) is 1. The van der Waals surface area contributed by atoms with E-state index >= 15 is 0 Å². The van der Waals surface area contributed by atoms with E-state index in [1.165, 1.54) is 0 Å². The summed E-state index contributed by atoms with van der Waals surface area (Å²) in [6, 6.07) is -0.454. The second-order valence-electron chi connectivity index (χ2n) is 19.3. The minimum absolute atomic E-state index is 0.107. The average Bonchev–Trinajstić information content (AvgIpc) is 3.27. The van der Waals surface area contributed by atoms with Crippen LogP contribution in [-0.2, 0) is 33.3 Å². The fourth-order valence-electron chi connectivity index (χ4n) is 12.8. The van der Waals surface area contributed by atoms with Gasteiger partial charge in [0.25, 0.3) is 5.79 Å². The Labute approximate surface area is 314 Å². The Morgan fingerprint density at radius 3 is 1.98 bits per heavy atom. The molecule has 1 spiro atoms. The monoisotopic (exact) mass is 747 g/mol. The van der Waals surface area contributed by atoms with Crippen LogP contribution in [0.5, 0.6) is 0 Å². The Balaban J connectivity index is 1.38. The number of ether oxygens (including phenoxy) is 4. The minimum Gasteiger partial charge on any atom is -0.459 e. The van der Waals surface area contributed by atoms with E-state index in [1.54, 1.807) is 34.6 Å². The lowest BCUT2D eigenvalue weighted by Crippen LogP contribution is -2.85. The van der Waals surface area contributed by atoms with Gasteiger partial charge in [-0.05, 0) is 64.2 Å². The SMILES string of the molecule is CCC(C)C(=O)OC1CC[C@@]2(C)C3CC[C@@H]4C2(C[C@@]2(O)[C@@H]5CN6C[C@@H](C)CC[C@H]6[C@@](C)(O)[C@@]5(O)C(OC(=O)C(C)CC)C[C@@]42O)OC13OC(=O)C(C)C. The molecule has 4 saturated carbocycles. The molecule has 7 unspecified atom stereocenters. The predicted molar refractivity (Wildman–Crippen MR) is 192 cm³/mol. The fourth-order valence-corrected chi connectivity index (χ4v) is 12.8. The lowest BCUT2D eigenvalue weighted by Gasteiger charge is -2.68. The van der Waals surface area contributed by atoms with Crippen LogP contribution >= 0.6 is 0 Å². The summed E-state index contributed by atoms with van der Waals surface area (Å²) in [5.41, 5.74) is -9.89. The summed E-state index contributed by atoms with van der Waals surface area (Å²) >= 11 is 0. The van der Waals surface area contributed by atoms with Gasteiger partial charge in [0.15, 0.2) is 6.10 Å². The zero-order valence-corrected chi connectivity index (χ0v) is 33.4. The van der Waals surface area contributed by atoms with Crippen LogP contribution in [0.1, 0.15) is 127 Å². The Bertz CT molecular complexity index is 1500. The molecule has 0 aromatic rings. The number of piperidine rings is 2. The van der Waals surface area contributed by atoms with Gasteiger partial charge in [0.1, 0.15) is 28.5 Å². The molecule has 53 heavy (non-hydrogen) atoms. The second kappa shape index (κ2) is 12.6. The highest BCUT2D eigenvalue weighted by Gasteiger charge is 2.90. The first-order chi connectivity index (χ1) is 24.6. The zero-order valence-electron chi connectivity index (χ0n) is 33.4. The molecule has 4 aliphatic carbocycles. The maximum Gasteiger partial charge on any atom is 0.311 e. The number of carbonyl (C=O) groups excluding carboxylic acids is 3. The van der Waals surface area contributed by atoms with Crippen molar-refractivity contribution in [3.05, 3.63) is 0 Å². The highest BCUT2D eigenvalue weighted by atomic mass is 16.8. The van der Waals surface area contributed by atoms with Gasteiger partial charge in [-0.1, -0.05) is 55.4 Å². The largest absolute Gasteiger partial charge is 0.459 e. The van der Waals surface area contributed by atoms with Gasteiger partial charge in [0, 0.05) is 55.1 Å². The smallest absolute Gasteiger partial charge is 0.311 e. The Morgan fingerprint density at radius 1 is 0.774 bits per heavy atom. The van der Waals surface area contributed by atoms with Crippen LogP contribution in [0.4, 0.5) is 0 Å². The normalized spacial score (nSPS) is 50.9. The third-order valence-corrected chi connectivity index (χ3v) is 16.3. The number of rotatable bonds is 8. The number of esters is 3. The second-order valence-corrected chi connectivity index (χ2v) is 19.3. The Hall–Kier alpha value is -1.83. The van der Waals surface area contributed by atoms with Crippen molar-refractivity contribution in [2.75, 3.05) is 13.1 Å². The van der Waals surface area contributed by atoms with Crippen LogP contribution in [0.3, 0.4) is 0 Å². The van der Waals surface area contributed by atoms with Crippen LogP contribution in [0, 0.1) is 46.8 Å². The quantitative estimate of drug-likeness (QED) is 0.209. The molecule has 4 N–H and O–H groups in total. The van der Waals surface area contributed by atoms with Crippen LogP contribution in [0.25, 0.3) is 0 Å². The van der Waals surface area contributed by atoms with Gasteiger partial charge >= 0.3 is 17.9 Å². The van der Waals surface area contributed by atoms with Crippen molar-refractivity contribution in [3.63, 3.8) is 0 Å². The van der Waals surface area contributed by atoms with Crippen molar-refractivity contribution >= 4 is 17.9 Å². The molecule has 0 radical (unpaired) electrons. The number of fused-ring (bicyclic) bond motifs is 5. The lowest BCUT2D eigenvalue weighted by molar-refractivity contribution is -0.355. The number of hydrogen-bond acceptors (Lipinski definition) is 12. The molecule has 3 heterocycles. The fraction of sp³-hybridized carbons (Fsp3) is 0.927. The molecule has 7 aliphatic rings. The van der Waals surface area contributed by atoms with E-state index in [0.717, 1.165) is 6.42 Å². The van der Waals surface area contributed by atoms with Crippen LogP contribution < -0.4 is 0 Å². The molecule has 0 amide bonds. The molecule has 300 valence electrons. The Morgan fingerprint density at radius 2 is 1.38 bits per heavy atom. The first-order valence-corrected chi connectivity index (χ1v) is 20.6. The van der Waals surface area contributed by atoms with Crippen LogP contribution in [0.2, 0.25) is 0 Å². The first kappa shape index (κ1) is 39.4. The van der Waals surface area contributed by atoms with Gasteiger partial charge in [-0.25, -0.2) is 0 Å². The van der Waals surface area contributed by atoms with E-state index in [-0.39, 0.29) is 25.3 Å². The van der Waals surface area contributed by atoms with Gasteiger partial charge in [-0.2, -0.15) is 0 Å². The van der Waals surface area contributed by atoms with Crippen molar-refractivity contribution < 1.29 is 53.8 Å². The lowest BCUT2D eigenvalue weighted by atomic mass is 9.48. The third-order valence-electron chi connectivity index (χ3n) is 16.3. The molecular weight excluding hydrogens is 682 g/mol. The van der Waals surface area contributed by atoms with E-state index in [1.807, 2.05) is 13.8 Å². The molecule has 12 nitrogen and oxygen atoms in total. The van der Waals surface area contributed by atoms with E-state index in [9.17, 15) is 34.8 Å². The molecule has 3 aliphatic heterocycles. The minimum atomic E-state index is -2.12. The molecule has 12 heteroatoms. The molecule has 0 aromatic heterocycles. The van der Waals surface area contributed by atoms with Gasteiger partial charge in [-0.3, -0.25) is 19.3 Å². The maximum atomic E-state index is 13.6. The summed E-state index contributed by atoms with van der Waals surface area (Å²) in [6.07, 6.45) is 1.64. The van der Waals surface area contributed by atoms with Crippen molar-refractivity contribution in [2.24, 2.45) is 46.8 Å². The highest BCUT2D eigenvalue weighted by Crippen LogP contribution is 2.79. The molecule has 7 rings (SSSR count). The highest BCUT2D eigenvalue weighted by molar-refractivity contribution is 5.74. The van der Waals surface area contributed by atoms with Gasteiger partial charge in [0.2, 0.25) is 0 Å². The van der Waals surface area contributed by atoms with E-state index < -0.39 is 105 Å². The third kappa shape index (κ3) is 4.96. The van der Waals surface area contributed by atoms with Crippen molar-refractivity contribution in [2.45, 2.75) is 179 Å². The van der Waals surface area contributed by atoms with Crippen molar-refractivity contribution in [1.29, 1.82) is 0 Å². The summed E-state index contributed by atoms with van der Waals surface area (Å²) in [5.74, 6) is -6.40. The summed E-state index contributed by atoms with van der Waals surface area (Å²) in [5, 5.41) is 52.8. The first-order valence-electron chi connectivity index (χ1n) is 20.6. The molecule has 0 aromatic carbocycles. The number of aliphatic hydroxyl groups is 4. The number of hydrogen-bond donors (Lipinski definition) is 4. The summed E-state index contributed by atoms with van der Waals surface area (Å²) in [4.78, 5) is 42.7. The summed E-state index contributed by atoms with van der Waals surface area (Å²) < 4.78 is 26.2. The Kier molecular flexibility index (Phi) is 9.36. The summed E-state index contributed by atoms with van der Waals surface area (Å²) in [6.45, 7) is 17.5. The van der Waals surface area contributed by atoms with Gasteiger partial charge in [0.05, 0.1) is 23.4 Å². The zero-order chi connectivity index (χ0) is 38.9.